The summed E-state index contributed by atoms with van der Waals surface area (Å²) in [7, 11) is 1.59. The molecule has 0 radical (unpaired) electrons. The molecular formula is C8H8ClIO2S. The Balaban J connectivity index is 3.10. The third kappa shape index (κ3) is 3.44. The molecule has 0 fully saturated rings. The largest absolute Gasteiger partial charge is 0.261 e. The summed E-state index contributed by atoms with van der Waals surface area (Å²) in [6, 6.07) is 0. The summed E-state index contributed by atoms with van der Waals surface area (Å²) < 4.78 is 21.8. The van der Waals surface area contributed by atoms with Gasteiger partial charge in [-0.25, -0.2) is 8.42 Å². The quantitative estimate of drug-likeness (QED) is 0.421. The minimum atomic E-state index is -3.61. The zero-order valence-electron chi connectivity index (χ0n) is 6.87. The predicted molar refractivity (Wildman–Crippen MR) is 63.6 cm³/mol. The zero-order valence-corrected chi connectivity index (χ0v) is 10.6. The molecule has 1 rings (SSSR count). The van der Waals surface area contributed by atoms with E-state index < -0.39 is 9.05 Å². The van der Waals surface area contributed by atoms with Gasteiger partial charge in [-0.3, -0.25) is 0 Å². The first-order chi connectivity index (χ1) is 5.81. The van der Waals surface area contributed by atoms with Gasteiger partial charge >= 0.3 is 0 Å². The molecule has 2 nitrogen and oxygen atoms in total. The van der Waals surface area contributed by atoms with Crippen LogP contribution in [0.25, 0.3) is 0 Å². The van der Waals surface area contributed by atoms with Crippen LogP contribution < -0.4 is 0 Å². The Morgan fingerprint density at radius 3 is 2.62 bits per heavy atom. The number of hydrogen-bond acceptors (Lipinski definition) is 2. The molecule has 0 saturated heterocycles. The van der Waals surface area contributed by atoms with E-state index in [4.69, 9.17) is 10.7 Å². The topological polar surface area (TPSA) is 34.1 Å². The molecule has 0 aromatic heterocycles. The number of alkyl halides is 1. The number of rotatable bonds is 1. The minimum Gasteiger partial charge on any atom is -0.207 e. The molecule has 0 heterocycles. The van der Waals surface area contributed by atoms with Gasteiger partial charge in [0.15, 0.2) is 0 Å². The van der Waals surface area contributed by atoms with E-state index in [0.29, 0.717) is 0 Å². The minimum absolute atomic E-state index is 0.130. The summed E-state index contributed by atoms with van der Waals surface area (Å²) in [5.74, 6) is 0. The van der Waals surface area contributed by atoms with Crippen LogP contribution in [0.3, 0.4) is 0 Å². The highest BCUT2D eigenvalue weighted by atomic mass is 127. The lowest BCUT2D eigenvalue weighted by atomic mass is 10.2. The molecule has 1 atom stereocenters. The average molecular weight is 331 g/mol. The Labute approximate surface area is 95.9 Å². The normalized spacial score (nSPS) is 28.4. The van der Waals surface area contributed by atoms with Crippen LogP contribution in [0.4, 0.5) is 0 Å². The van der Waals surface area contributed by atoms with Gasteiger partial charge in [-0.15, -0.1) is 0 Å². The van der Waals surface area contributed by atoms with Crippen LogP contribution in [0.15, 0.2) is 35.3 Å². The fraction of sp³-hybridized carbons (Fsp3) is 0.250. The summed E-state index contributed by atoms with van der Waals surface area (Å²) in [6.07, 6.45) is 8.40. The van der Waals surface area contributed by atoms with Crippen molar-refractivity contribution in [2.45, 2.75) is 10.3 Å². The van der Waals surface area contributed by atoms with E-state index in [-0.39, 0.29) is 8.33 Å². The van der Waals surface area contributed by atoms with Gasteiger partial charge in [-0.05, 0) is 19.1 Å². The summed E-state index contributed by atoms with van der Waals surface area (Å²) in [4.78, 5) is 0.130. The van der Waals surface area contributed by atoms with Crippen molar-refractivity contribution in [2.24, 2.45) is 0 Å². The molecule has 0 spiro atoms. The molecule has 0 saturated carbocycles. The Hall–Kier alpha value is 0.190. The average Bonchev–Trinajstić information content (AvgIpc) is 2.08. The third-order valence-corrected chi connectivity index (χ3v) is 3.63. The summed E-state index contributed by atoms with van der Waals surface area (Å²) >= 11 is 2.21. The van der Waals surface area contributed by atoms with Crippen LogP contribution in [0.1, 0.15) is 6.92 Å². The highest BCUT2D eigenvalue weighted by molar-refractivity contribution is 14.1. The van der Waals surface area contributed by atoms with Crippen molar-refractivity contribution in [3.05, 3.63) is 35.3 Å². The fourth-order valence-electron chi connectivity index (χ4n) is 0.850. The summed E-state index contributed by atoms with van der Waals surface area (Å²) in [5, 5.41) is 0. The molecule has 0 aromatic rings. The first-order valence-corrected chi connectivity index (χ1v) is 6.92. The van der Waals surface area contributed by atoms with Crippen LogP contribution in [0.5, 0.6) is 0 Å². The molecule has 72 valence electrons. The molecule has 0 bridgehead atoms. The number of halogens is 2. The Bertz CT molecular complexity index is 390. The third-order valence-electron chi connectivity index (χ3n) is 1.54. The standard InChI is InChI=1S/C8H8ClIO2S/c1-8(10)5-2-3-7(4-6-8)13(9,11)12/h2-6H,1H3. The van der Waals surface area contributed by atoms with Crippen molar-refractivity contribution in [2.75, 3.05) is 0 Å². The van der Waals surface area contributed by atoms with Crippen molar-refractivity contribution in [3.8, 4) is 0 Å². The van der Waals surface area contributed by atoms with Crippen molar-refractivity contribution in [1.82, 2.24) is 0 Å². The van der Waals surface area contributed by atoms with E-state index in [0.717, 1.165) is 0 Å². The second-order valence-electron chi connectivity index (χ2n) is 2.85. The fourth-order valence-corrected chi connectivity index (χ4v) is 2.02. The first-order valence-electron chi connectivity index (χ1n) is 3.54. The second kappa shape index (κ2) is 3.74. The van der Waals surface area contributed by atoms with Crippen LogP contribution in [0.2, 0.25) is 0 Å². The van der Waals surface area contributed by atoms with E-state index in [9.17, 15) is 8.42 Å². The molecule has 1 aliphatic carbocycles. The Morgan fingerprint density at radius 2 is 2.08 bits per heavy atom. The van der Waals surface area contributed by atoms with Gasteiger partial charge in [-0.1, -0.05) is 40.8 Å². The monoisotopic (exact) mass is 330 g/mol. The molecule has 5 heteroatoms. The molecule has 1 aliphatic rings. The van der Waals surface area contributed by atoms with E-state index >= 15 is 0 Å². The van der Waals surface area contributed by atoms with Gasteiger partial charge in [0.2, 0.25) is 0 Å². The Kier molecular flexibility index (Phi) is 3.24. The SMILES string of the molecule is CC1(I)C=CC=C(S(=O)(=O)Cl)C=C1. The lowest BCUT2D eigenvalue weighted by Crippen LogP contribution is -2.05. The van der Waals surface area contributed by atoms with Gasteiger partial charge in [0.05, 0.1) is 8.33 Å². The highest BCUT2D eigenvalue weighted by Gasteiger charge is 2.17. The highest BCUT2D eigenvalue weighted by Crippen LogP contribution is 2.26. The van der Waals surface area contributed by atoms with E-state index in [1.54, 1.807) is 12.2 Å². The lowest BCUT2D eigenvalue weighted by Gasteiger charge is -2.09. The van der Waals surface area contributed by atoms with Crippen LogP contribution in [-0.4, -0.2) is 11.8 Å². The van der Waals surface area contributed by atoms with Gasteiger partial charge < -0.3 is 0 Å². The van der Waals surface area contributed by atoms with Crippen LogP contribution in [0, 0.1) is 0 Å². The smallest absolute Gasteiger partial charge is 0.207 e. The molecular weight excluding hydrogens is 323 g/mol. The molecule has 13 heavy (non-hydrogen) atoms. The first kappa shape index (κ1) is 11.3. The maximum absolute atomic E-state index is 11.0. The van der Waals surface area contributed by atoms with Crippen molar-refractivity contribution in [1.29, 1.82) is 0 Å². The molecule has 0 aromatic carbocycles. The Morgan fingerprint density at radius 1 is 1.46 bits per heavy atom. The van der Waals surface area contributed by atoms with Crippen molar-refractivity contribution in [3.63, 3.8) is 0 Å². The van der Waals surface area contributed by atoms with E-state index in [1.165, 1.54) is 12.2 Å². The molecule has 0 N–H and O–H groups in total. The molecule has 1 unspecified atom stereocenters. The van der Waals surface area contributed by atoms with Gasteiger partial charge in [-0.2, -0.15) is 0 Å². The van der Waals surface area contributed by atoms with Gasteiger partial charge in [0.1, 0.15) is 0 Å². The summed E-state index contributed by atoms with van der Waals surface area (Å²) in [6.45, 7) is 1.97. The maximum Gasteiger partial charge on any atom is 0.261 e. The predicted octanol–water partition coefficient (Wildman–Crippen LogP) is 2.76. The van der Waals surface area contributed by atoms with Crippen molar-refractivity contribution < 1.29 is 8.42 Å². The van der Waals surface area contributed by atoms with Gasteiger partial charge in [0, 0.05) is 10.7 Å². The van der Waals surface area contributed by atoms with Crippen LogP contribution >= 0.6 is 33.3 Å². The zero-order chi connectivity index (χ0) is 10.1. The van der Waals surface area contributed by atoms with Gasteiger partial charge in [0.25, 0.3) is 9.05 Å². The maximum atomic E-state index is 11.0. The second-order valence-corrected chi connectivity index (χ2v) is 7.74. The number of hydrogen-bond donors (Lipinski definition) is 0. The number of allylic oxidation sites excluding steroid dienone is 5. The van der Waals surface area contributed by atoms with E-state index in [1.807, 2.05) is 13.0 Å². The molecule has 0 aliphatic heterocycles. The van der Waals surface area contributed by atoms with Crippen molar-refractivity contribution >= 4 is 42.3 Å². The molecule has 0 amide bonds. The summed E-state index contributed by atoms with van der Waals surface area (Å²) in [5.41, 5.74) is 0. The van der Waals surface area contributed by atoms with E-state index in [2.05, 4.69) is 22.6 Å². The van der Waals surface area contributed by atoms with Crippen LogP contribution in [-0.2, 0) is 9.05 Å². The lowest BCUT2D eigenvalue weighted by molar-refractivity contribution is 0.615.